The van der Waals surface area contributed by atoms with Crippen molar-refractivity contribution in [2.75, 3.05) is 12.4 Å². The Morgan fingerprint density at radius 2 is 2.16 bits per heavy atom. The molecule has 4 atom stereocenters. The molecule has 2 N–H and O–H groups in total. The zero-order valence-electron chi connectivity index (χ0n) is 13.5. The Morgan fingerprint density at radius 3 is 2.76 bits per heavy atom. The third kappa shape index (κ3) is 2.72. The first-order chi connectivity index (χ1) is 11.8. The number of fused-ring (bicyclic) bond motifs is 2. The lowest BCUT2D eigenvalue weighted by molar-refractivity contribution is -0.384. The lowest BCUT2D eigenvalue weighted by Crippen LogP contribution is -2.44. The number of ether oxygens (including phenoxy) is 2. The van der Waals surface area contributed by atoms with Gasteiger partial charge in [-0.25, -0.2) is 0 Å². The second-order valence-electron chi connectivity index (χ2n) is 6.10. The highest BCUT2D eigenvalue weighted by Gasteiger charge is 2.59. The molecule has 1 aromatic carbocycles. The number of nitrogens with zero attached hydrogens (tertiary/aromatic N) is 1. The monoisotopic (exact) mass is 348 g/mol. The summed E-state index contributed by atoms with van der Waals surface area (Å²) in [5.74, 6) is -3.50. The van der Waals surface area contributed by atoms with Crippen LogP contribution in [0.25, 0.3) is 0 Å². The van der Waals surface area contributed by atoms with Crippen molar-refractivity contribution in [2.24, 2.45) is 11.8 Å². The van der Waals surface area contributed by atoms with Crippen LogP contribution < -0.4 is 10.1 Å². The second-order valence-corrected chi connectivity index (χ2v) is 6.10. The molecule has 1 aromatic rings. The highest BCUT2D eigenvalue weighted by Crippen LogP contribution is 2.47. The number of hydrogen-bond acceptors (Lipinski definition) is 6. The van der Waals surface area contributed by atoms with Crippen molar-refractivity contribution >= 4 is 23.3 Å². The van der Waals surface area contributed by atoms with E-state index in [1.807, 2.05) is 0 Å². The van der Waals surface area contributed by atoms with Gasteiger partial charge in [0, 0.05) is 12.1 Å². The summed E-state index contributed by atoms with van der Waals surface area (Å²) in [5, 5.41) is 22.9. The maximum absolute atomic E-state index is 12.8. The standard InChI is InChI=1S/C16H16N2O7/c1-16-6-5-11(25-16)12(15(20)21)13(16)14(19)17-9-7-8(18(22)23)3-4-10(9)24-2/h3-7,11-13H,1-2H3,(H,17,19)(H,20,21)/t11-,12-,13-,16-/m1/s1. The zero-order valence-corrected chi connectivity index (χ0v) is 13.5. The van der Waals surface area contributed by atoms with E-state index in [2.05, 4.69) is 5.32 Å². The van der Waals surface area contributed by atoms with Gasteiger partial charge in [0.15, 0.2) is 0 Å². The fraction of sp³-hybridized carbons (Fsp3) is 0.375. The predicted molar refractivity (Wildman–Crippen MR) is 85.3 cm³/mol. The summed E-state index contributed by atoms with van der Waals surface area (Å²) < 4.78 is 10.7. The lowest BCUT2D eigenvalue weighted by atomic mass is 9.75. The predicted octanol–water partition coefficient (Wildman–Crippen LogP) is 1.59. The van der Waals surface area contributed by atoms with Crippen LogP contribution in [0.15, 0.2) is 30.4 Å². The highest BCUT2D eigenvalue weighted by atomic mass is 16.6. The molecule has 0 aliphatic carbocycles. The molecule has 1 saturated heterocycles. The largest absolute Gasteiger partial charge is 0.495 e. The Balaban J connectivity index is 1.92. The Bertz CT molecular complexity index is 791. The smallest absolute Gasteiger partial charge is 0.310 e. The van der Waals surface area contributed by atoms with Crippen molar-refractivity contribution in [3.63, 3.8) is 0 Å². The third-order valence-corrected chi connectivity index (χ3v) is 4.56. The van der Waals surface area contributed by atoms with Gasteiger partial charge in [-0.05, 0) is 13.0 Å². The molecule has 2 bridgehead atoms. The molecule has 0 spiro atoms. The van der Waals surface area contributed by atoms with Crippen LogP contribution in [-0.2, 0) is 14.3 Å². The van der Waals surface area contributed by atoms with E-state index >= 15 is 0 Å². The molecule has 0 aromatic heterocycles. The number of carboxylic acid groups (broad SMARTS) is 1. The minimum Gasteiger partial charge on any atom is -0.495 e. The Kier molecular flexibility index (Phi) is 3.96. The molecule has 9 nitrogen and oxygen atoms in total. The van der Waals surface area contributed by atoms with Crippen LogP contribution in [0.5, 0.6) is 5.75 Å². The van der Waals surface area contributed by atoms with Gasteiger partial charge in [0.1, 0.15) is 11.7 Å². The van der Waals surface area contributed by atoms with E-state index < -0.39 is 40.3 Å². The van der Waals surface area contributed by atoms with Gasteiger partial charge in [-0.15, -0.1) is 0 Å². The summed E-state index contributed by atoms with van der Waals surface area (Å²) in [7, 11) is 1.36. The van der Waals surface area contributed by atoms with Crippen molar-refractivity contribution in [1.29, 1.82) is 0 Å². The quantitative estimate of drug-likeness (QED) is 0.470. The molecule has 1 fully saturated rings. The van der Waals surface area contributed by atoms with Gasteiger partial charge in [-0.2, -0.15) is 0 Å². The van der Waals surface area contributed by atoms with E-state index in [4.69, 9.17) is 9.47 Å². The van der Waals surface area contributed by atoms with E-state index in [-0.39, 0.29) is 17.1 Å². The number of carbonyl (C=O) groups is 2. The number of benzene rings is 1. The van der Waals surface area contributed by atoms with Gasteiger partial charge in [0.25, 0.3) is 5.69 Å². The molecule has 0 radical (unpaired) electrons. The van der Waals surface area contributed by atoms with E-state index in [1.54, 1.807) is 19.1 Å². The number of anilines is 1. The Hall–Kier alpha value is -2.94. The molecule has 1 amide bonds. The molecular weight excluding hydrogens is 332 g/mol. The maximum atomic E-state index is 12.8. The number of non-ortho nitro benzene ring substituents is 1. The summed E-state index contributed by atoms with van der Waals surface area (Å²) in [5.41, 5.74) is -1.16. The molecule has 9 heteroatoms. The van der Waals surface area contributed by atoms with Crippen LogP contribution in [0.2, 0.25) is 0 Å². The van der Waals surface area contributed by atoms with Crippen LogP contribution >= 0.6 is 0 Å². The molecule has 0 saturated carbocycles. The minimum atomic E-state index is -1.13. The molecular formula is C16H16N2O7. The number of nitrogens with one attached hydrogen (secondary N) is 1. The summed E-state index contributed by atoms with van der Waals surface area (Å²) in [4.78, 5) is 34.7. The number of nitro benzene ring substituents is 1. The van der Waals surface area contributed by atoms with Gasteiger partial charge >= 0.3 is 5.97 Å². The molecule has 3 rings (SSSR count). The van der Waals surface area contributed by atoms with Crippen LogP contribution in [0, 0.1) is 22.0 Å². The van der Waals surface area contributed by atoms with Crippen molar-refractivity contribution in [3.05, 3.63) is 40.5 Å². The summed E-state index contributed by atoms with van der Waals surface area (Å²) in [6, 6.07) is 3.78. The summed E-state index contributed by atoms with van der Waals surface area (Å²) in [6.45, 7) is 1.64. The average molecular weight is 348 g/mol. The first kappa shape index (κ1) is 16.9. The van der Waals surface area contributed by atoms with E-state index in [9.17, 15) is 24.8 Å². The number of carboxylic acids is 1. The van der Waals surface area contributed by atoms with Crippen LogP contribution in [-0.4, -0.2) is 40.7 Å². The van der Waals surface area contributed by atoms with Crippen molar-refractivity contribution in [2.45, 2.75) is 18.6 Å². The van der Waals surface area contributed by atoms with E-state index in [1.165, 1.54) is 25.3 Å². The summed E-state index contributed by atoms with van der Waals surface area (Å²) >= 11 is 0. The van der Waals surface area contributed by atoms with Gasteiger partial charge in [-0.3, -0.25) is 19.7 Å². The van der Waals surface area contributed by atoms with E-state index in [0.717, 1.165) is 0 Å². The van der Waals surface area contributed by atoms with Gasteiger partial charge in [-0.1, -0.05) is 12.2 Å². The van der Waals surface area contributed by atoms with Crippen LogP contribution in [0.4, 0.5) is 11.4 Å². The number of carbonyl (C=O) groups excluding carboxylic acids is 1. The third-order valence-electron chi connectivity index (χ3n) is 4.56. The molecule has 2 aliphatic rings. The van der Waals surface area contributed by atoms with Crippen LogP contribution in [0.1, 0.15) is 6.92 Å². The normalized spacial score (nSPS) is 29.4. The number of nitro groups is 1. The Morgan fingerprint density at radius 1 is 1.44 bits per heavy atom. The van der Waals surface area contributed by atoms with Crippen molar-refractivity contribution < 1.29 is 29.1 Å². The van der Waals surface area contributed by atoms with E-state index in [0.29, 0.717) is 0 Å². The first-order valence-corrected chi connectivity index (χ1v) is 7.50. The fourth-order valence-corrected chi connectivity index (χ4v) is 3.40. The molecule has 0 unspecified atom stereocenters. The molecule has 2 aliphatic heterocycles. The molecule has 132 valence electrons. The fourth-order valence-electron chi connectivity index (χ4n) is 3.40. The lowest BCUT2D eigenvalue weighted by Gasteiger charge is -2.28. The highest BCUT2D eigenvalue weighted by molar-refractivity contribution is 5.98. The van der Waals surface area contributed by atoms with Gasteiger partial charge in [0.05, 0.1) is 35.3 Å². The second kappa shape index (κ2) is 5.85. The number of aliphatic carboxylic acids is 1. The van der Waals surface area contributed by atoms with Gasteiger partial charge < -0.3 is 19.9 Å². The zero-order chi connectivity index (χ0) is 18.4. The number of rotatable bonds is 5. The number of methoxy groups -OCH3 is 1. The van der Waals surface area contributed by atoms with Crippen molar-refractivity contribution in [3.8, 4) is 5.75 Å². The topological polar surface area (TPSA) is 128 Å². The minimum absolute atomic E-state index is 0.0983. The first-order valence-electron chi connectivity index (χ1n) is 7.50. The Labute approximate surface area is 142 Å². The average Bonchev–Trinajstić information content (AvgIpc) is 3.07. The SMILES string of the molecule is COc1ccc([N+](=O)[O-])cc1NC(=O)[C@H]1[C@H](C(=O)O)[C@H]2C=C[C@@]1(C)O2. The molecule has 2 heterocycles. The number of hydrogen-bond donors (Lipinski definition) is 2. The van der Waals surface area contributed by atoms with Gasteiger partial charge in [0.2, 0.25) is 5.91 Å². The number of amides is 1. The van der Waals surface area contributed by atoms with Crippen LogP contribution in [0.3, 0.4) is 0 Å². The summed E-state index contributed by atoms with van der Waals surface area (Å²) in [6.07, 6.45) is 2.63. The maximum Gasteiger partial charge on any atom is 0.310 e. The molecule has 25 heavy (non-hydrogen) atoms. The van der Waals surface area contributed by atoms with Crippen molar-refractivity contribution in [1.82, 2.24) is 0 Å².